The second kappa shape index (κ2) is 6.04. The minimum absolute atomic E-state index is 0.0321. The molecule has 0 radical (unpaired) electrons. The summed E-state index contributed by atoms with van der Waals surface area (Å²) in [5.74, 6) is -0.419. The van der Waals surface area contributed by atoms with Crippen molar-refractivity contribution in [3.8, 4) is 0 Å². The lowest BCUT2D eigenvalue weighted by molar-refractivity contribution is -0.386. The van der Waals surface area contributed by atoms with Gasteiger partial charge in [-0.25, -0.2) is 8.42 Å². The van der Waals surface area contributed by atoms with Crippen LogP contribution in [-0.2, 0) is 9.84 Å². The summed E-state index contributed by atoms with van der Waals surface area (Å²) in [4.78, 5) is 14.3. The molecule has 2 aliphatic rings. The van der Waals surface area contributed by atoms with E-state index in [1.807, 2.05) is 0 Å². The molecule has 126 valence electrons. The number of rotatable bonds is 3. The molecule has 2 fully saturated rings. The quantitative estimate of drug-likeness (QED) is 0.602. The number of nitrogens with zero attached hydrogens (tertiary/aromatic N) is 3. The Balaban J connectivity index is 1.70. The molecular weight excluding hydrogens is 325 g/mol. The van der Waals surface area contributed by atoms with Crippen LogP contribution >= 0.6 is 0 Å². The topological polar surface area (TPSA) is 83.8 Å². The van der Waals surface area contributed by atoms with Crippen LogP contribution in [0.25, 0.3) is 0 Å². The highest BCUT2D eigenvalue weighted by Crippen LogP contribution is 2.32. The van der Waals surface area contributed by atoms with Crippen LogP contribution in [0, 0.1) is 15.9 Å². The van der Waals surface area contributed by atoms with Gasteiger partial charge in [0.15, 0.2) is 9.84 Å². The molecule has 2 aliphatic heterocycles. The minimum atomic E-state index is -2.93. The average molecular weight is 343 g/mol. The highest BCUT2D eigenvalue weighted by Gasteiger charge is 2.34. The third-order valence-corrected chi connectivity index (χ3v) is 6.28. The van der Waals surface area contributed by atoms with Crippen LogP contribution in [0.4, 0.5) is 15.8 Å². The molecule has 0 aromatic heterocycles. The number of sulfone groups is 1. The predicted octanol–water partition coefficient (Wildman–Crippen LogP) is 1.04. The van der Waals surface area contributed by atoms with Crippen LogP contribution in [0.5, 0.6) is 0 Å². The van der Waals surface area contributed by atoms with Crippen molar-refractivity contribution in [2.75, 3.05) is 42.6 Å². The van der Waals surface area contributed by atoms with E-state index in [-0.39, 0.29) is 23.2 Å². The Morgan fingerprint density at radius 2 is 1.91 bits per heavy atom. The van der Waals surface area contributed by atoms with E-state index in [1.54, 1.807) is 11.0 Å². The molecular formula is C14H18FN3O4S. The maximum atomic E-state index is 13.7. The van der Waals surface area contributed by atoms with Gasteiger partial charge in [0.1, 0.15) is 5.69 Å². The number of benzene rings is 1. The third kappa shape index (κ3) is 3.30. The van der Waals surface area contributed by atoms with Gasteiger partial charge in [-0.3, -0.25) is 15.0 Å². The van der Waals surface area contributed by atoms with Gasteiger partial charge in [-0.15, -0.1) is 0 Å². The van der Waals surface area contributed by atoms with Crippen molar-refractivity contribution in [3.05, 3.63) is 34.1 Å². The summed E-state index contributed by atoms with van der Waals surface area (Å²) in [6, 6.07) is 4.14. The van der Waals surface area contributed by atoms with Gasteiger partial charge in [-0.2, -0.15) is 4.39 Å². The molecule has 3 rings (SSSR count). The Morgan fingerprint density at radius 3 is 2.48 bits per heavy atom. The van der Waals surface area contributed by atoms with Crippen LogP contribution in [0.3, 0.4) is 0 Å². The highest BCUT2D eigenvalue weighted by molar-refractivity contribution is 7.91. The number of piperazine rings is 1. The maximum Gasteiger partial charge on any atom is 0.327 e. The zero-order valence-electron chi connectivity index (χ0n) is 12.5. The smallest absolute Gasteiger partial charge is 0.327 e. The Morgan fingerprint density at radius 1 is 1.22 bits per heavy atom. The van der Waals surface area contributed by atoms with E-state index in [9.17, 15) is 22.9 Å². The van der Waals surface area contributed by atoms with E-state index in [0.717, 1.165) is 6.07 Å². The van der Waals surface area contributed by atoms with Crippen LogP contribution in [-0.4, -0.2) is 62.0 Å². The summed E-state index contributed by atoms with van der Waals surface area (Å²) in [7, 11) is -2.93. The van der Waals surface area contributed by atoms with Gasteiger partial charge in [0.05, 0.1) is 16.4 Å². The number of hydrogen-bond acceptors (Lipinski definition) is 6. The highest BCUT2D eigenvalue weighted by atomic mass is 32.2. The zero-order chi connectivity index (χ0) is 16.6. The lowest BCUT2D eigenvalue weighted by Crippen LogP contribution is -2.50. The fourth-order valence-electron chi connectivity index (χ4n) is 3.33. The molecule has 0 bridgehead atoms. The summed E-state index contributed by atoms with van der Waals surface area (Å²) < 4.78 is 36.9. The molecule has 0 N–H and O–H groups in total. The molecule has 2 saturated heterocycles. The molecule has 9 heteroatoms. The molecule has 0 spiro atoms. The summed E-state index contributed by atoms with van der Waals surface area (Å²) in [5, 5.41) is 11.1. The second-order valence-electron chi connectivity index (χ2n) is 5.94. The fraction of sp³-hybridized carbons (Fsp3) is 0.571. The van der Waals surface area contributed by atoms with Gasteiger partial charge in [0, 0.05) is 32.2 Å². The number of para-hydroxylation sites is 1. The van der Waals surface area contributed by atoms with E-state index in [1.165, 1.54) is 6.07 Å². The minimum Gasteiger partial charge on any atom is -0.363 e. The molecule has 7 nitrogen and oxygen atoms in total. The van der Waals surface area contributed by atoms with E-state index >= 15 is 0 Å². The SMILES string of the molecule is O=[N+]([O-])c1c(F)cccc1N1CCN([C@H]2CCS(=O)(=O)C2)CC1. The van der Waals surface area contributed by atoms with Crippen molar-refractivity contribution < 1.29 is 17.7 Å². The first-order valence-corrected chi connectivity index (χ1v) is 9.32. The Labute approximate surface area is 133 Å². The van der Waals surface area contributed by atoms with Crippen LogP contribution < -0.4 is 4.90 Å². The van der Waals surface area contributed by atoms with E-state index in [2.05, 4.69) is 4.90 Å². The first kappa shape index (κ1) is 16.1. The van der Waals surface area contributed by atoms with Gasteiger partial charge >= 0.3 is 5.69 Å². The number of hydrogen-bond donors (Lipinski definition) is 0. The van der Waals surface area contributed by atoms with Crippen LogP contribution in [0.2, 0.25) is 0 Å². The molecule has 0 amide bonds. The lowest BCUT2D eigenvalue weighted by Gasteiger charge is -2.38. The van der Waals surface area contributed by atoms with Crippen molar-refractivity contribution in [2.24, 2.45) is 0 Å². The summed E-state index contributed by atoms with van der Waals surface area (Å²) in [6.07, 6.45) is 0.641. The standard InChI is InChI=1S/C14H18FN3O4S/c15-12-2-1-3-13(14(12)18(19)20)17-7-5-16(6-8-17)11-4-9-23(21,22)10-11/h1-3,11H,4-10H2/t11-/m0/s1. The third-order valence-electron chi connectivity index (χ3n) is 4.53. The fourth-order valence-corrected chi connectivity index (χ4v) is 5.09. The predicted molar refractivity (Wildman–Crippen MR) is 83.9 cm³/mol. The summed E-state index contributed by atoms with van der Waals surface area (Å²) in [6.45, 7) is 2.27. The first-order valence-electron chi connectivity index (χ1n) is 7.50. The first-order chi connectivity index (χ1) is 10.9. The Hall–Kier alpha value is -1.74. The molecule has 23 heavy (non-hydrogen) atoms. The van der Waals surface area contributed by atoms with Gasteiger partial charge in [0.25, 0.3) is 0 Å². The van der Waals surface area contributed by atoms with E-state index in [0.29, 0.717) is 32.6 Å². The van der Waals surface area contributed by atoms with Gasteiger partial charge in [0.2, 0.25) is 5.82 Å². The largest absolute Gasteiger partial charge is 0.363 e. The summed E-state index contributed by atoms with van der Waals surface area (Å²) >= 11 is 0. The normalized spacial score (nSPS) is 24.7. The van der Waals surface area contributed by atoms with Crippen molar-refractivity contribution in [1.82, 2.24) is 4.90 Å². The molecule has 0 aliphatic carbocycles. The van der Waals surface area contributed by atoms with E-state index < -0.39 is 26.3 Å². The molecule has 0 unspecified atom stereocenters. The number of nitro groups is 1. The monoisotopic (exact) mass is 343 g/mol. The van der Waals surface area contributed by atoms with Crippen molar-refractivity contribution in [1.29, 1.82) is 0 Å². The van der Waals surface area contributed by atoms with Crippen molar-refractivity contribution in [2.45, 2.75) is 12.5 Å². The maximum absolute atomic E-state index is 13.7. The number of anilines is 1. The molecule has 2 heterocycles. The lowest BCUT2D eigenvalue weighted by atomic mass is 10.1. The van der Waals surface area contributed by atoms with Crippen molar-refractivity contribution in [3.63, 3.8) is 0 Å². The van der Waals surface area contributed by atoms with E-state index in [4.69, 9.17) is 0 Å². The van der Waals surface area contributed by atoms with Crippen LogP contribution in [0.1, 0.15) is 6.42 Å². The molecule has 1 atom stereocenters. The average Bonchev–Trinajstić information content (AvgIpc) is 2.87. The zero-order valence-corrected chi connectivity index (χ0v) is 13.3. The molecule has 1 aromatic carbocycles. The molecule has 0 saturated carbocycles. The van der Waals surface area contributed by atoms with Crippen molar-refractivity contribution >= 4 is 21.2 Å². The van der Waals surface area contributed by atoms with Crippen LogP contribution in [0.15, 0.2) is 18.2 Å². The van der Waals surface area contributed by atoms with Gasteiger partial charge < -0.3 is 4.90 Å². The Bertz CT molecular complexity index is 717. The number of nitro benzene ring substituents is 1. The Kier molecular flexibility index (Phi) is 4.24. The second-order valence-corrected chi connectivity index (χ2v) is 8.17. The van der Waals surface area contributed by atoms with Gasteiger partial charge in [-0.1, -0.05) is 6.07 Å². The molecule has 1 aromatic rings. The van der Waals surface area contributed by atoms with Gasteiger partial charge in [-0.05, 0) is 18.6 Å². The summed E-state index contributed by atoms with van der Waals surface area (Å²) in [5.41, 5.74) is -0.210. The number of halogens is 1.